The molecule has 1 heterocycles. The molecule has 0 radical (unpaired) electrons. The van der Waals surface area contributed by atoms with E-state index in [1.165, 1.54) is 4.90 Å². The van der Waals surface area contributed by atoms with Crippen molar-refractivity contribution in [3.05, 3.63) is 89.9 Å². The van der Waals surface area contributed by atoms with Crippen LogP contribution >= 0.6 is 0 Å². The lowest BCUT2D eigenvalue weighted by atomic mass is 10.0. The molecule has 4 aromatic rings. The highest BCUT2D eigenvalue weighted by Crippen LogP contribution is 2.28. The SMILES string of the molecule is O=C(CCCCCCN(C(=O)c1c(F)cc(F)cc1F)c1ccc(-c2ccc3cc[nH]c3c2)cc1)NO. The lowest BCUT2D eigenvalue weighted by Gasteiger charge is -2.24. The number of aromatic amines is 1. The minimum atomic E-state index is -1.27. The second-order valence-electron chi connectivity index (χ2n) is 8.73. The molecule has 1 aromatic heterocycles. The van der Waals surface area contributed by atoms with Crippen molar-refractivity contribution in [2.45, 2.75) is 32.1 Å². The molecule has 3 N–H and O–H groups in total. The van der Waals surface area contributed by atoms with E-state index in [2.05, 4.69) is 4.98 Å². The molecule has 0 aliphatic rings. The molecule has 0 spiro atoms. The van der Waals surface area contributed by atoms with Gasteiger partial charge in [-0.2, -0.15) is 0 Å². The van der Waals surface area contributed by atoms with Gasteiger partial charge in [0.05, 0.1) is 0 Å². The van der Waals surface area contributed by atoms with Gasteiger partial charge < -0.3 is 9.88 Å². The Kier molecular flexibility index (Phi) is 8.25. The largest absolute Gasteiger partial charge is 0.361 e. The van der Waals surface area contributed by atoms with E-state index in [1.54, 1.807) is 17.6 Å². The number of anilines is 1. The summed E-state index contributed by atoms with van der Waals surface area (Å²) in [5, 5.41) is 9.65. The molecule has 192 valence electrons. The number of amides is 2. The molecular formula is C28H26F3N3O3. The van der Waals surface area contributed by atoms with Crippen molar-refractivity contribution < 1.29 is 28.0 Å². The van der Waals surface area contributed by atoms with Crippen molar-refractivity contribution >= 4 is 28.4 Å². The van der Waals surface area contributed by atoms with Gasteiger partial charge in [-0.25, -0.2) is 18.7 Å². The first-order chi connectivity index (χ1) is 17.9. The van der Waals surface area contributed by atoms with E-state index in [-0.39, 0.29) is 13.0 Å². The Hall–Kier alpha value is -4.11. The Morgan fingerprint density at radius 2 is 1.51 bits per heavy atom. The van der Waals surface area contributed by atoms with Gasteiger partial charge in [0.1, 0.15) is 23.0 Å². The van der Waals surface area contributed by atoms with Gasteiger partial charge in [0.15, 0.2) is 0 Å². The van der Waals surface area contributed by atoms with Gasteiger partial charge in [0, 0.05) is 42.5 Å². The number of hydrogen-bond donors (Lipinski definition) is 3. The van der Waals surface area contributed by atoms with Crippen LogP contribution in [0.1, 0.15) is 42.5 Å². The van der Waals surface area contributed by atoms with E-state index in [0.717, 1.165) is 22.0 Å². The van der Waals surface area contributed by atoms with Crippen LogP contribution in [0.15, 0.2) is 66.9 Å². The first-order valence-corrected chi connectivity index (χ1v) is 11.9. The molecule has 3 aromatic carbocycles. The number of hydroxylamine groups is 1. The zero-order chi connectivity index (χ0) is 26.4. The van der Waals surface area contributed by atoms with Crippen molar-refractivity contribution in [2.24, 2.45) is 0 Å². The van der Waals surface area contributed by atoms with Gasteiger partial charge in [-0.15, -0.1) is 0 Å². The molecule has 0 saturated carbocycles. The predicted molar refractivity (Wildman–Crippen MR) is 135 cm³/mol. The van der Waals surface area contributed by atoms with E-state index in [9.17, 15) is 22.8 Å². The van der Waals surface area contributed by atoms with Crippen molar-refractivity contribution in [3.63, 3.8) is 0 Å². The van der Waals surface area contributed by atoms with Gasteiger partial charge in [-0.05, 0) is 53.6 Å². The quantitative estimate of drug-likeness (QED) is 0.132. The number of aromatic nitrogens is 1. The molecule has 0 bridgehead atoms. The van der Waals surface area contributed by atoms with Gasteiger partial charge in [-0.3, -0.25) is 14.8 Å². The van der Waals surface area contributed by atoms with E-state index in [0.29, 0.717) is 43.5 Å². The first kappa shape index (κ1) is 26.0. The molecule has 0 aliphatic heterocycles. The number of carbonyl (C=O) groups excluding carboxylic acids is 2. The Balaban J connectivity index is 1.55. The van der Waals surface area contributed by atoms with Crippen LogP contribution in [0.4, 0.5) is 18.9 Å². The fraction of sp³-hybridized carbons (Fsp3) is 0.214. The fourth-order valence-corrected chi connectivity index (χ4v) is 4.26. The molecule has 4 rings (SSSR count). The van der Waals surface area contributed by atoms with Crippen LogP contribution in [0.5, 0.6) is 0 Å². The Morgan fingerprint density at radius 3 is 2.22 bits per heavy atom. The number of H-pyrrole nitrogens is 1. The summed E-state index contributed by atoms with van der Waals surface area (Å²) < 4.78 is 42.3. The molecule has 0 aliphatic carbocycles. The number of nitrogens with one attached hydrogen (secondary N) is 2. The second-order valence-corrected chi connectivity index (χ2v) is 8.73. The van der Waals surface area contributed by atoms with E-state index < -0.39 is 34.8 Å². The number of rotatable bonds is 10. The molecular weight excluding hydrogens is 483 g/mol. The summed E-state index contributed by atoms with van der Waals surface area (Å²) in [4.78, 5) is 28.8. The molecule has 0 fully saturated rings. The summed E-state index contributed by atoms with van der Waals surface area (Å²) in [6.07, 6.45) is 4.38. The summed E-state index contributed by atoms with van der Waals surface area (Å²) in [6, 6.07) is 16.0. The third kappa shape index (κ3) is 6.18. The van der Waals surface area contributed by atoms with Crippen molar-refractivity contribution in [2.75, 3.05) is 11.4 Å². The summed E-state index contributed by atoms with van der Waals surface area (Å²) in [7, 11) is 0. The highest BCUT2D eigenvalue weighted by molar-refractivity contribution is 6.06. The number of carbonyl (C=O) groups is 2. The van der Waals surface area contributed by atoms with Crippen molar-refractivity contribution in [3.8, 4) is 11.1 Å². The summed E-state index contributed by atoms with van der Waals surface area (Å²) in [5.74, 6) is -5.02. The Bertz CT molecular complexity index is 1380. The maximum atomic E-state index is 14.4. The van der Waals surface area contributed by atoms with Gasteiger partial charge >= 0.3 is 0 Å². The monoisotopic (exact) mass is 509 g/mol. The summed E-state index contributed by atoms with van der Waals surface area (Å²) in [5.41, 5.74) is 4.04. The lowest BCUT2D eigenvalue weighted by molar-refractivity contribution is -0.129. The molecule has 0 unspecified atom stereocenters. The number of nitrogens with zero attached hydrogens (tertiary/aromatic N) is 1. The van der Waals surface area contributed by atoms with Crippen LogP contribution in [0, 0.1) is 17.5 Å². The minimum Gasteiger partial charge on any atom is -0.361 e. The normalized spacial score (nSPS) is 11.0. The van der Waals surface area contributed by atoms with Crippen LogP contribution in [-0.2, 0) is 4.79 Å². The summed E-state index contributed by atoms with van der Waals surface area (Å²) >= 11 is 0. The van der Waals surface area contributed by atoms with E-state index >= 15 is 0 Å². The number of fused-ring (bicyclic) bond motifs is 1. The molecule has 2 amide bonds. The predicted octanol–water partition coefficient (Wildman–Crippen LogP) is 6.35. The van der Waals surface area contributed by atoms with E-state index in [4.69, 9.17) is 5.21 Å². The van der Waals surface area contributed by atoms with Crippen LogP contribution in [-0.4, -0.2) is 28.6 Å². The minimum absolute atomic E-state index is 0.162. The van der Waals surface area contributed by atoms with Crippen LogP contribution in [0.3, 0.4) is 0 Å². The zero-order valence-corrected chi connectivity index (χ0v) is 19.9. The summed E-state index contributed by atoms with van der Waals surface area (Å²) in [6.45, 7) is 0.162. The van der Waals surface area contributed by atoms with Crippen LogP contribution in [0.25, 0.3) is 22.0 Å². The highest BCUT2D eigenvalue weighted by atomic mass is 19.1. The number of halogens is 3. The fourth-order valence-electron chi connectivity index (χ4n) is 4.26. The van der Waals surface area contributed by atoms with Crippen molar-refractivity contribution in [1.29, 1.82) is 0 Å². The maximum Gasteiger partial charge on any atom is 0.264 e. The first-order valence-electron chi connectivity index (χ1n) is 11.9. The van der Waals surface area contributed by atoms with E-state index in [1.807, 2.05) is 42.6 Å². The Morgan fingerprint density at radius 1 is 0.838 bits per heavy atom. The molecule has 6 nitrogen and oxygen atoms in total. The molecule has 0 saturated heterocycles. The highest BCUT2D eigenvalue weighted by Gasteiger charge is 2.25. The third-order valence-corrected chi connectivity index (χ3v) is 6.19. The second kappa shape index (κ2) is 11.7. The average Bonchev–Trinajstić information content (AvgIpc) is 3.35. The van der Waals surface area contributed by atoms with Crippen LogP contribution < -0.4 is 10.4 Å². The van der Waals surface area contributed by atoms with Gasteiger partial charge in [0.25, 0.3) is 5.91 Å². The molecule has 0 atom stereocenters. The Labute approximate surface area is 211 Å². The smallest absolute Gasteiger partial charge is 0.264 e. The van der Waals surface area contributed by atoms with Crippen LogP contribution in [0.2, 0.25) is 0 Å². The average molecular weight is 510 g/mol. The van der Waals surface area contributed by atoms with Gasteiger partial charge in [-0.1, -0.05) is 37.1 Å². The number of benzene rings is 3. The molecule has 37 heavy (non-hydrogen) atoms. The number of hydrogen-bond acceptors (Lipinski definition) is 3. The van der Waals surface area contributed by atoms with Crippen molar-refractivity contribution in [1.82, 2.24) is 10.5 Å². The van der Waals surface area contributed by atoms with Gasteiger partial charge in [0.2, 0.25) is 5.91 Å². The molecule has 9 heteroatoms. The lowest BCUT2D eigenvalue weighted by Crippen LogP contribution is -2.33. The standard InChI is InChI=1S/C28H26F3N3O3/c29-21-16-23(30)27(24(31)17-21)28(36)34(14-4-2-1-3-5-26(35)33-37)22-10-8-18(9-11-22)20-7-6-19-12-13-32-25(19)15-20/h6-13,15-17,32,37H,1-5,14H2,(H,33,35). The number of unbranched alkanes of at least 4 members (excludes halogenated alkanes) is 3. The maximum absolute atomic E-state index is 14.4. The zero-order valence-electron chi connectivity index (χ0n) is 19.9. The third-order valence-electron chi connectivity index (χ3n) is 6.19. The topological polar surface area (TPSA) is 85.4 Å².